The van der Waals surface area contributed by atoms with Crippen molar-refractivity contribution in [3.63, 3.8) is 0 Å². The molecule has 1 aliphatic heterocycles. The minimum atomic E-state index is -0.774. The molecule has 8 heteroatoms. The summed E-state index contributed by atoms with van der Waals surface area (Å²) >= 11 is 0. The number of anilines is 2. The largest absolute Gasteiger partial charge is 0.497 e. The van der Waals surface area contributed by atoms with Crippen LogP contribution in [0.3, 0.4) is 0 Å². The molecule has 2 amide bonds. The molecule has 0 spiro atoms. The fourth-order valence-corrected chi connectivity index (χ4v) is 3.53. The molecule has 0 fully saturated rings. The van der Waals surface area contributed by atoms with Gasteiger partial charge in [0.25, 0.3) is 0 Å². The molecule has 4 rings (SSSR count). The van der Waals surface area contributed by atoms with E-state index < -0.39 is 6.04 Å². The zero-order valence-corrected chi connectivity index (χ0v) is 16.9. The van der Waals surface area contributed by atoms with Gasteiger partial charge in [0.2, 0.25) is 11.8 Å². The van der Waals surface area contributed by atoms with Crippen molar-refractivity contribution in [2.75, 3.05) is 24.9 Å². The van der Waals surface area contributed by atoms with Crippen molar-refractivity contribution in [1.82, 2.24) is 9.78 Å². The fraction of sp³-hybridized carbons (Fsp3) is 0.227. The van der Waals surface area contributed by atoms with Gasteiger partial charge in [-0.2, -0.15) is 5.10 Å². The number of carbonyl (C=O) groups is 2. The third-order valence-corrected chi connectivity index (χ3v) is 5.11. The van der Waals surface area contributed by atoms with Gasteiger partial charge in [-0.05, 0) is 43.3 Å². The van der Waals surface area contributed by atoms with Crippen molar-refractivity contribution in [2.24, 2.45) is 0 Å². The third-order valence-electron chi connectivity index (χ3n) is 5.11. The predicted molar refractivity (Wildman–Crippen MR) is 113 cm³/mol. The number of fused-ring (bicyclic) bond motifs is 1. The molecule has 0 aliphatic carbocycles. The quantitative estimate of drug-likeness (QED) is 0.677. The second-order valence-corrected chi connectivity index (χ2v) is 6.95. The molecular weight excluding hydrogens is 384 g/mol. The van der Waals surface area contributed by atoms with Crippen LogP contribution in [0.5, 0.6) is 11.5 Å². The Balaban J connectivity index is 1.69. The Labute approximate surface area is 173 Å². The molecule has 1 aromatic heterocycles. The van der Waals surface area contributed by atoms with Crippen LogP contribution in [-0.2, 0) is 9.59 Å². The maximum atomic E-state index is 13.1. The lowest BCUT2D eigenvalue weighted by Crippen LogP contribution is -2.36. The molecule has 0 saturated carbocycles. The number of nitrogens with zero attached hydrogens (tertiary/aromatic N) is 2. The highest BCUT2D eigenvalue weighted by Gasteiger charge is 2.34. The van der Waals surface area contributed by atoms with Gasteiger partial charge in [0.15, 0.2) is 0 Å². The fourth-order valence-electron chi connectivity index (χ4n) is 3.53. The Morgan fingerprint density at radius 2 is 1.87 bits per heavy atom. The molecule has 8 nitrogen and oxygen atoms in total. The van der Waals surface area contributed by atoms with Gasteiger partial charge in [0, 0.05) is 11.1 Å². The Bertz CT molecular complexity index is 1100. The Hall–Kier alpha value is -3.81. The molecule has 1 atom stereocenters. The molecule has 2 aromatic carbocycles. The van der Waals surface area contributed by atoms with Crippen LogP contribution in [0.2, 0.25) is 0 Å². The average Bonchev–Trinajstić information content (AvgIpc) is 3.10. The lowest BCUT2D eigenvalue weighted by atomic mass is 10.1. The highest BCUT2D eigenvalue weighted by molar-refractivity contribution is 6.02. The van der Waals surface area contributed by atoms with Gasteiger partial charge >= 0.3 is 0 Å². The Morgan fingerprint density at radius 3 is 2.57 bits per heavy atom. The standard InChI is InChI=1S/C22H22N4O4/c1-13-20(14-8-10-15(29-2)11-9-14)25-26-17(12-19(27)24-21(13)26)22(28)23-16-6-4-5-7-18(16)30-3/h4-11,17H,12H2,1-3H3,(H,23,28)(H,24,27)/t17-/m0/s1. The van der Waals surface area contributed by atoms with E-state index in [2.05, 4.69) is 15.7 Å². The van der Waals surface area contributed by atoms with Gasteiger partial charge in [0.1, 0.15) is 23.4 Å². The molecule has 2 N–H and O–H groups in total. The van der Waals surface area contributed by atoms with E-state index in [1.807, 2.05) is 37.3 Å². The van der Waals surface area contributed by atoms with Crippen molar-refractivity contribution in [1.29, 1.82) is 0 Å². The summed E-state index contributed by atoms with van der Waals surface area (Å²) in [5, 5.41) is 10.4. The maximum Gasteiger partial charge on any atom is 0.249 e. The summed E-state index contributed by atoms with van der Waals surface area (Å²) in [6.07, 6.45) is -0.00282. The van der Waals surface area contributed by atoms with Crippen molar-refractivity contribution in [2.45, 2.75) is 19.4 Å². The number of rotatable bonds is 5. The lowest BCUT2D eigenvalue weighted by molar-refractivity contribution is -0.125. The zero-order chi connectivity index (χ0) is 21.3. The Kier molecular flexibility index (Phi) is 5.14. The van der Waals surface area contributed by atoms with Crippen LogP contribution in [0.1, 0.15) is 18.0 Å². The molecule has 0 radical (unpaired) electrons. The first-order valence-electron chi connectivity index (χ1n) is 9.49. The number of hydrogen-bond donors (Lipinski definition) is 2. The van der Waals surface area contributed by atoms with E-state index in [0.717, 1.165) is 16.9 Å². The molecular formula is C22H22N4O4. The minimum Gasteiger partial charge on any atom is -0.497 e. The summed E-state index contributed by atoms with van der Waals surface area (Å²) in [4.78, 5) is 25.4. The van der Waals surface area contributed by atoms with Crippen LogP contribution in [-0.4, -0.2) is 35.8 Å². The summed E-state index contributed by atoms with van der Waals surface area (Å²) in [7, 11) is 3.14. The number of hydrogen-bond acceptors (Lipinski definition) is 5. The maximum absolute atomic E-state index is 13.1. The van der Waals surface area contributed by atoms with Gasteiger partial charge < -0.3 is 20.1 Å². The highest BCUT2D eigenvalue weighted by atomic mass is 16.5. The van der Waals surface area contributed by atoms with Crippen LogP contribution in [0.4, 0.5) is 11.5 Å². The lowest BCUT2D eigenvalue weighted by Gasteiger charge is -2.24. The molecule has 2 heterocycles. The van der Waals surface area contributed by atoms with E-state index in [1.54, 1.807) is 30.0 Å². The van der Waals surface area contributed by atoms with Crippen molar-refractivity contribution < 1.29 is 19.1 Å². The smallest absolute Gasteiger partial charge is 0.249 e. The minimum absolute atomic E-state index is 0.00282. The summed E-state index contributed by atoms with van der Waals surface area (Å²) in [6.45, 7) is 1.87. The zero-order valence-electron chi connectivity index (χ0n) is 16.9. The Morgan fingerprint density at radius 1 is 1.13 bits per heavy atom. The van der Waals surface area contributed by atoms with Gasteiger partial charge in [-0.15, -0.1) is 0 Å². The first-order valence-corrected chi connectivity index (χ1v) is 9.49. The number of amides is 2. The van der Waals surface area contributed by atoms with Crippen LogP contribution in [0.15, 0.2) is 48.5 Å². The molecule has 3 aromatic rings. The van der Waals surface area contributed by atoms with E-state index in [-0.39, 0.29) is 18.2 Å². The van der Waals surface area contributed by atoms with Gasteiger partial charge in [0.05, 0.1) is 32.0 Å². The van der Waals surface area contributed by atoms with E-state index in [9.17, 15) is 9.59 Å². The summed E-state index contributed by atoms with van der Waals surface area (Å²) < 4.78 is 12.1. The number of ether oxygens (including phenoxy) is 2. The summed E-state index contributed by atoms with van der Waals surface area (Å²) in [6, 6.07) is 13.8. The van der Waals surface area contributed by atoms with Crippen LogP contribution >= 0.6 is 0 Å². The van der Waals surface area contributed by atoms with Crippen LogP contribution < -0.4 is 20.1 Å². The van der Waals surface area contributed by atoms with E-state index in [1.165, 1.54) is 7.11 Å². The van der Waals surface area contributed by atoms with Gasteiger partial charge in [-0.1, -0.05) is 12.1 Å². The third kappa shape index (κ3) is 3.47. The monoisotopic (exact) mass is 406 g/mol. The highest BCUT2D eigenvalue weighted by Crippen LogP contribution is 2.35. The normalized spacial score (nSPS) is 15.2. The second-order valence-electron chi connectivity index (χ2n) is 6.95. The number of methoxy groups -OCH3 is 2. The van der Waals surface area contributed by atoms with Crippen molar-refractivity contribution >= 4 is 23.3 Å². The SMILES string of the molecule is COc1ccc(-c2nn3c(c2C)NC(=O)C[C@H]3C(=O)Nc2ccccc2OC)cc1. The van der Waals surface area contributed by atoms with Crippen LogP contribution in [0.25, 0.3) is 11.3 Å². The first-order chi connectivity index (χ1) is 14.5. The van der Waals surface area contributed by atoms with E-state index in [4.69, 9.17) is 9.47 Å². The topological polar surface area (TPSA) is 94.5 Å². The number of para-hydroxylation sites is 2. The number of benzene rings is 2. The predicted octanol–water partition coefficient (Wildman–Crippen LogP) is 3.40. The number of carbonyl (C=O) groups excluding carboxylic acids is 2. The van der Waals surface area contributed by atoms with E-state index in [0.29, 0.717) is 22.9 Å². The van der Waals surface area contributed by atoms with E-state index >= 15 is 0 Å². The summed E-state index contributed by atoms with van der Waals surface area (Å²) in [5.41, 5.74) is 2.90. The van der Waals surface area contributed by atoms with Gasteiger partial charge in [-0.25, -0.2) is 4.68 Å². The van der Waals surface area contributed by atoms with Crippen molar-refractivity contribution in [3.05, 3.63) is 54.1 Å². The first kappa shape index (κ1) is 19.5. The van der Waals surface area contributed by atoms with Crippen molar-refractivity contribution in [3.8, 4) is 22.8 Å². The summed E-state index contributed by atoms with van der Waals surface area (Å²) in [5.74, 6) is 1.24. The number of aromatic nitrogens is 2. The van der Waals surface area contributed by atoms with Crippen LogP contribution in [0, 0.1) is 6.92 Å². The molecule has 0 unspecified atom stereocenters. The second kappa shape index (κ2) is 7.90. The van der Waals surface area contributed by atoms with Gasteiger partial charge in [-0.3, -0.25) is 9.59 Å². The molecule has 30 heavy (non-hydrogen) atoms. The number of nitrogens with one attached hydrogen (secondary N) is 2. The molecule has 1 aliphatic rings. The molecule has 0 bridgehead atoms. The molecule has 154 valence electrons. The molecule has 0 saturated heterocycles. The average molecular weight is 406 g/mol.